The molecule has 3 aliphatic rings. The largest absolute Gasteiger partial charge is 0.480 e. The lowest BCUT2D eigenvalue weighted by molar-refractivity contribution is -0.158. The molecule has 1 unspecified atom stereocenters. The van der Waals surface area contributed by atoms with Gasteiger partial charge in [0, 0.05) is 25.4 Å². The minimum atomic E-state index is -0.923. The van der Waals surface area contributed by atoms with Gasteiger partial charge in [0.05, 0.1) is 0 Å². The highest BCUT2D eigenvalue weighted by molar-refractivity contribution is 5.85. The second-order valence-electron chi connectivity index (χ2n) is 9.34. The van der Waals surface area contributed by atoms with Crippen LogP contribution >= 0.6 is 0 Å². The summed E-state index contributed by atoms with van der Waals surface area (Å²) in [5.41, 5.74) is 4.77. The molecule has 1 heterocycles. The number of benzene rings is 2. The van der Waals surface area contributed by atoms with E-state index in [1.54, 1.807) is 0 Å². The van der Waals surface area contributed by atoms with Gasteiger partial charge in [0.1, 0.15) is 12.6 Å². The molecule has 0 bridgehead atoms. The summed E-state index contributed by atoms with van der Waals surface area (Å²) in [6.07, 6.45) is 2.24. The van der Waals surface area contributed by atoms with Crippen LogP contribution in [-0.2, 0) is 14.3 Å². The van der Waals surface area contributed by atoms with Crippen LogP contribution in [0.1, 0.15) is 42.7 Å². The lowest BCUT2D eigenvalue weighted by Crippen LogP contribution is -2.55. The number of ether oxygens (including phenoxy) is 1. The summed E-state index contributed by atoms with van der Waals surface area (Å²) in [4.78, 5) is 37.1. The maximum atomic E-state index is 12.3. The molecule has 7 nitrogen and oxygen atoms in total. The maximum absolute atomic E-state index is 12.3. The second kappa shape index (κ2) is 8.89. The second-order valence-corrected chi connectivity index (χ2v) is 9.34. The summed E-state index contributed by atoms with van der Waals surface area (Å²) >= 11 is 0. The smallest absolute Gasteiger partial charge is 0.407 e. The monoisotopic (exact) mass is 448 g/mol. The number of aliphatic carboxylic acids is 1. The molecule has 1 aliphatic heterocycles. The fourth-order valence-electron chi connectivity index (χ4n) is 5.39. The van der Waals surface area contributed by atoms with Crippen molar-refractivity contribution in [3.05, 3.63) is 59.7 Å². The minimum absolute atomic E-state index is 0.0402. The van der Waals surface area contributed by atoms with Crippen molar-refractivity contribution in [3.8, 4) is 11.1 Å². The number of nitrogens with zero attached hydrogens (tertiary/aromatic N) is 1. The van der Waals surface area contributed by atoms with Crippen LogP contribution in [0.25, 0.3) is 11.1 Å². The molecule has 1 saturated heterocycles. The van der Waals surface area contributed by atoms with E-state index in [0.29, 0.717) is 38.5 Å². The number of hydrogen-bond acceptors (Lipinski definition) is 4. The maximum Gasteiger partial charge on any atom is 0.407 e. The molecule has 2 N–H and O–H groups in total. The van der Waals surface area contributed by atoms with E-state index in [4.69, 9.17) is 9.84 Å². The molecule has 33 heavy (non-hydrogen) atoms. The van der Waals surface area contributed by atoms with Crippen molar-refractivity contribution < 1.29 is 24.2 Å². The van der Waals surface area contributed by atoms with E-state index >= 15 is 0 Å². The van der Waals surface area contributed by atoms with Crippen LogP contribution in [0.3, 0.4) is 0 Å². The van der Waals surface area contributed by atoms with Crippen LogP contribution < -0.4 is 5.32 Å². The molecule has 5 rings (SSSR count). The van der Waals surface area contributed by atoms with Crippen LogP contribution in [0.5, 0.6) is 0 Å². The number of carbonyl (C=O) groups is 3. The Morgan fingerprint density at radius 3 is 2.18 bits per heavy atom. The number of likely N-dealkylation sites (tertiary alicyclic amines) is 1. The molecular weight excluding hydrogens is 420 g/mol. The summed E-state index contributed by atoms with van der Waals surface area (Å²) < 4.78 is 5.57. The average Bonchev–Trinajstić information content (AvgIpc) is 3.06. The molecule has 1 atom stereocenters. The third kappa shape index (κ3) is 4.19. The normalized spacial score (nSPS) is 23.0. The van der Waals surface area contributed by atoms with Crippen molar-refractivity contribution in [2.45, 2.75) is 37.6 Å². The van der Waals surface area contributed by atoms with Gasteiger partial charge >= 0.3 is 12.1 Å². The number of carbonyl (C=O) groups excluding carboxylic acids is 2. The first kappa shape index (κ1) is 21.5. The van der Waals surface area contributed by atoms with E-state index in [9.17, 15) is 14.4 Å². The molecule has 2 aromatic rings. The lowest BCUT2D eigenvalue weighted by Gasteiger charge is -2.41. The van der Waals surface area contributed by atoms with Crippen molar-refractivity contribution >= 4 is 18.0 Å². The number of hydrogen-bond donors (Lipinski definition) is 2. The summed E-state index contributed by atoms with van der Waals surface area (Å²) in [6.45, 7) is 1.36. The van der Waals surface area contributed by atoms with Crippen LogP contribution in [0.15, 0.2) is 48.5 Å². The zero-order valence-corrected chi connectivity index (χ0v) is 18.4. The van der Waals surface area contributed by atoms with Crippen molar-refractivity contribution in [2.75, 3.05) is 19.7 Å². The van der Waals surface area contributed by atoms with Gasteiger partial charge in [0.15, 0.2) is 0 Å². The van der Waals surface area contributed by atoms with E-state index in [0.717, 1.165) is 12.8 Å². The van der Waals surface area contributed by atoms with E-state index in [2.05, 4.69) is 29.6 Å². The third-order valence-corrected chi connectivity index (χ3v) is 7.30. The number of nitrogens with one attached hydrogen (secondary N) is 1. The van der Waals surface area contributed by atoms with Crippen LogP contribution in [0, 0.1) is 11.8 Å². The molecule has 0 aromatic heterocycles. The van der Waals surface area contributed by atoms with E-state index in [1.807, 2.05) is 24.3 Å². The average molecular weight is 449 g/mol. The Bertz CT molecular complexity index is 1030. The molecule has 2 fully saturated rings. The highest BCUT2D eigenvalue weighted by Crippen LogP contribution is 2.44. The quantitative estimate of drug-likeness (QED) is 0.674. The van der Waals surface area contributed by atoms with E-state index < -0.39 is 18.1 Å². The van der Waals surface area contributed by atoms with Crippen molar-refractivity contribution in [1.82, 2.24) is 10.2 Å². The molecule has 1 saturated carbocycles. The number of carboxylic acids is 1. The zero-order chi connectivity index (χ0) is 22.9. The van der Waals surface area contributed by atoms with Gasteiger partial charge in [-0.3, -0.25) is 4.79 Å². The first-order valence-corrected chi connectivity index (χ1v) is 11.6. The van der Waals surface area contributed by atoms with Crippen LogP contribution in [-0.4, -0.2) is 53.7 Å². The van der Waals surface area contributed by atoms with E-state index in [1.165, 1.54) is 27.2 Å². The minimum Gasteiger partial charge on any atom is -0.480 e. The molecular formula is C26H28N2O5. The summed E-state index contributed by atoms with van der Waals surface area (Å²) in [6, 6.07) is 15.8. The van der Waals surface area contributed by atoms with Gasteiger partial charge < -0.3 is 20.1 Å². The predicted molar refractivity (Wildman–Crippen MR) is 122 cm³/mol. The highest BCUT2D eigenvalue weighted by atomic mass is 16.5. The topological polar surface area (TPSA) is 95.9 Å². The third-order valence-electron chi connectivity index (χ3n) is 7.30. The molecule has 2 aliphatic carbocycles. The molecule has 2 aromatic carbocycles. The van der Waals surface area contributed by atoms with Gasteiger partial charge in [-0.1, -0.05) is 48.5 Å². The Balaban J connectivity index is 1.05. The SMILES string of the molecule is O=C(NCC1CC(CC(=O)N2CCC2C(=O)O)C1)OCC1c2ccccc2-c2ccccc21. The number of amides is 2. The fraction of sp³-hybridized carbons (Fsp3) is 0.423. The highest BCUT2D eigenvalue weighted by Gasteiger charge is 2.40. The van der Waals surface area contributed by atoms with Gasteiger partial charge in [-0.15, -0.1) is 0 Å². The van der Waals surface area contributed by atoms with Crippen molar-refractivity contribution in [1.29, 1.82) is 0 Å². The molecule has 2 amide bonds. The van der Waals surface area contributed by atoms with E-state index in [-0.39, 0.29) is 17.7 Å². The van der Waals surface area contributed by atoms with Gasteiger partial charge in [0.2, 0.25) is 5.91 Å². The Morgan fingerprint density at radius 1 is 0.970 bits per heavy atom. The van der Waals surface area contributed by atoms with Gasteiger partial charge in [-0.05, 0) is 53.4 Å². The number of fused-ring (bicyclic) bond motifs is 3. The first-order chi connectivity index (χ1) is 16.0. The van der Waals surface area contributed by atoms with Crippen LogP contribution in [0.4, 0.5) is 4.79 Å². The van der Waals surface area contributed by atoms with Crippen molar-refractivity contribution in [3.63, 3.8) is 0 Å². The van der Waals surface area contributed by atoms with Crippen molar-refractivity contribution in [2.24, 2.45) is 11.8 Å². The van der Waals surface area contributed by atoms with Crippen LogP contribution in [0.2, 0.25) is 0 Å². The molecule has 7 heteroatoms. The molecule has 0 radical (unpaired) electrons. The van der Waals surface area contributed by atoms with Gasteiger partial charge in [-0.2, -0.15) is 0 Å². The standard InChI is InChI=1S/C26H28N2O5/c29-24(28-10-9-23(28)25(30)31)13-16-11-17(12-16)14-27-26(32)33-15-22-20-7-3-1-5-18(20)19-6-2-4-8-21(19)22/h1-8,16-17,22-23H,9-15H2,(H,27,32)(H,30,31). The zero-order valence-electron chi connectivity index (χ0n) is 18.4. The predicted octanol–water partition coefficient (Wildman–Crippen LogP) is 3.63. The number of rotatable bonds is 7. The lowest BCUT2D eigenvalue weighted by atomic mass is 9.73. The Labute approximate surface area is 192 Å². The van der Waals surface area contributed by atoms with Gasteiger partial charge in [-0.25, -0.2) is 9.59 Å². The number of alkyl carbamates (subject to hydrolysis) is 1. The fourth-order valence-corrected chi connectivity index (χ4v) is 5.39. The van der Waals surface area contributed by atoms with Gasteiger partial charge in [0.25, 0.3) is 0 Å². The Hall–Kier alpha value is -3.35. The Kier molecular flexibility index (Phi) is 5.79. The summed E-state index contributed by atoms with van der Waals surface area (Å²) in [5.74, 6) is -0.356. The summed E-state index contributed by atoms with van der Waals surface area (Å²) in [7, 11) is 0. The number of carboxylic acid groups (broad SMARTS) is 1. The Morgan fingerprint density at radius 2 is 1.61 bits per heavy atom. The molecule has 0 spiro atoms. The molecule has 172 valence electrons. The first-order valence-electron chi connectivity index (χ1n) is 11.6. The summed E-state index contributed by atoms with van der Waals surface area (Å²) in [5, 5.41) is 11.9.